The first-order valence-electron chi connectivity index (χ1n) is 7.11. The van der Waals surface area contributed by atoms with E-state index in [-0.39, 0.29) is 5.82 Å². The van der Waals surface area contributed by atoms with Gasteiger partial charge in [-0.05, 0) is 31.5 Å². The maximum Gasteiger partial charge on any atom is 0.349 e. The molecule has 0 aliphatic heterocycles. The molecular weight excluding hydrogens is 321 g/mol. The van der Waals surface area contributed by atoms with Crippen molar-refractivity contribution in [3.05, 3.63) is 34.5 Å². The molecule has 0 saturated heterocycles. The van der Waals surface area contributed by atoms with Crippen LogP contribution in [-0.4, -0.2) is 38.2 Å². The number of ether oxygens (including phenoxy) is 2. The van der Waals surface area contributed by atoms with Gasteiger partial charge in [-0.3, -0.25) is 4.79 Å². The van der Waals surface area contributed by atoms with Crippen LogP contribution in [0.4, 0.5) is 4.39 Å². The van der Waals surface area contributed by atoms with E-state index in [1.165, 1.54) is 20.1 Å². The van der Waals surface area contributed by atoms with Gasteiger partial charge < -0.3 is 14.8 Å². The SMILES string of the molecule is COCCNC(=O)[C@H](C)OC(=O)c1sc2cccc(F)c2c1C. The molecule has 5 nitrogen and oxygen atoms in total. The molecule has 0 aliphatic carbocycles. The maximum absolute atomic E-state index is 13.9. The number of hydrogen-bond acceptors (Lipinski definition) is 5. The summed E-state index contributed by atoms with van der Waals surface area (Å²) < 4.78 is 24.5. The van der Waals surface area contributed by atoms with Gasteiger partial charge in [0.1, 0.15) is 10.7 Å². The van der Waals surface area contributed by atoms with Gasteiger partial charge in [-0.25, -0.2) is 9.18 Å². The smallest absolute Gasteiger partial charge is 0.349 e. The van der Waals surface area contributed by atoms with Gasteiger partial charge in [0.15, 0.2) is 6.10 Å². The third-order valence-corrected chi connectivity index (χ3v) is 4.58. The summed E-state index contributed by atoms with van der Waals surface area (Å²) in [6.45, 7) is 3.87. The number of esters is 1. The average molecular weight is 339 g/mol. The van der Waals surface area contributed by atoms with E-state index in [1.54, 1.807) is 19.1 Å². The van der Waals surface area contributed by atoms with E-state index in [1.807, 2.05) is 0 Å². The molecule has 1 heterocycles. The zero-order chi connectivity index (χ0) is 17.0. The molecule has 23 heavy (non-hydrogen) atoms. The van der Waals surface area contributed by atoms with Crippen LogP contribution >= 0.6 is 11.3 Å². The van der Waals surface area contributed by atoms with E-state index in [2.05, 4.69) is 5.32 Å². The van der Waals surface area contributed by atoms with Crippen LogP contribution in [0, 0.1) is 12.7 Å². The Morgan fingerprint density at radius 1 is 1.39 bits per heavy atom. The van der Waals surface area contributed by atoms with Gasteiger partial charge in [-0.1, -0.05) is 6.07 Å². The topological polar surface area (TPSA) is 64.6 Å². The lowest BCUT2D eigenvalue weighted by atomic mass is 10.1. The van der Waals surface area contributed by atoms with E-state index < -0.39 is 18.0 Å². The predicted molar refractivity (Wildman–Crippen MR) is 86.3 cm³/mol. The summed E-state index contributed by atoms with van der Waals surface area (Å²) in [5, 5.41) is 3.01. The summed E-state index contributed by atoms with van der Waals surface area (Å²) in [4.78, 5) is 24.4. The van der Waals surface area contributed by atoms with Crippen molar-refractivity contribution in [1.29, 1.82) is 0 Å². The number of carbonyl (C=O) groups is 2. The van der Waals surface area contributed by atoms with Gasteiger partial charge >= 0.3 is 5.97 Å². The van der Waals surface area contributed by atoms with E-state index in [0.29, 0.717) is 33.7 Å². The summed E-state index contributed by atoms with van der Waals surface area (Å²) in [7, 11) is 1.53. The van der Waals surface area contributed by atoms with Crippen LogP contribution in [0.5, 0.6) is 0 Å². The molecule has 1 N–H and O–H groups in total. The van der Waals surface area contributed by atoms with Crippen LogP contribution < -0.4 is 5.32 Å². The lowest BCUT2D eigenvalue weighted by molar-refractivity contribution is -0.129. The van der Waals surface area contributed by atoms with Crippen molar-refractivity contribution in [2.75, 3.05) is 20.3 Å². The Labute approximate surface area is 137 Å². The van der Waals surface area contributed by atoms with Crippen LogP contribution in [-0.2, 0) is 14.3 Å². The number of nitrogens with one attached hydrogen (secondary N) is 1. The molecule has 1 aromatic heterocycles. The minimum atomic E-state index is -0.936. The molecule has 1 amide bonds. The summed E-state index contributed by atoms with van der Waals surface area (Å²) >= 11 is 1.16. The summed E-state index contributed by atoms with van der Waals surface area (Å²) in [5.41, 5.74) is 0.528. The summed E-state index contributed by atoms with van der Waals surface area (Å²) in [6, 6.07) is 4.69. The Balaban J connectivity index is 2.10. The third-order valence-electron chi connectivity index (χ3n) is 3.35. The van der Waals surface area contributed by atoms with Gasteiger partial charge in [-0.15, -0.1) is 11.3 Å². The Bertz CT molecular complexity index is 728. The van der Waals surface area contributed by atoms with Crippen LogP contribution in [0.1, 0.15) is 22.2 Å². The number of amides is 1. The molecular formula is C16H18FNO4S. The molecule has 7 heteroatoms. The first-order valence-corrected chi connectivity index (χ1v) is 7.92. The van der Waals surface area contributed by atoms with Gasteiger partial charge in [0.25, 0.3) is 5.91 Å². The van der Waals surface area contributed by atoms with Crippen molar-refractivity contribution in [1.82, 2.24) is 5.32 Å². The molecule has 0 radical (unpaired) electrons. The minimum absolute atomic E-state index is 0.307. The lowest BCUT2D eigenvalue weighted by Gasteiger charge is -2.13. The molecule has 0 spiro atoms. The van der Waals surface area contributed by atoms with Gasteiger partial charge in [-0.2, -0.15) is 0 Å². The van der Waals surface area contributed by atoms with Gasteiger partial charge in [0, 0.05) is 23.7 Å². The lowest BCUT2D eigenvalue weighted by Crippen LogP contribution is -2.37. The Morgan fingerprint density at radius 2 is 2.13 bits per heavy atom. The minimum Gasteiger partial charge on any atom is -0.448 e. The zero-order valence-electron chi connectivity index (χ0n) is 13.1. The first-order chi connectivity index (χ1) is 11.0. The molecule has 1 aromatic carbocycles. The van der Waals surface area contributed by atoms with Crippen molar-refractivity contribution in [3.63, 3.8) is 0 Å². The first kappa shape index (κ1) is 17.4. The number of methoxy groups -OCH3 is 1. The van der Waals surface area contributed by atoms with Gasteiger partial charge in [0.05, 0.1) is 6.61 Å². The largest absolute Gasteiger partial charge is 0.448 e. The molecule has 1 atom stereocenters. The maximum atomic E-state index is 13.9. The number of aryl methyl sites for hydroxylation is 1. The van der Waals surface area contributed by atoms with E-state index >= 15 is 0 Å². The predicted octanol–water partition coefficient (Wildman–Crippen LogP) is 2.66. The Morgan fingerprint density at radius 3 is 2.78 bits per heavy atom. The molecule has 0 unspecified atom stereocenters. The molecule has 124 valence electrons. The van der Waals surface area contributed by atoms with E-state index in [0.717, 1.165) is 11.3 Å². The highest BCUT2D eigenvalue weighted by Gasteiger charge is 2.23. The molecule has 2 aromatic rings. The van der Waals surface area contributed by atoms with Gasteiger partial charge in [0.2, 0.25) is 0 Å². The number of hydrogen-bond donors (Lipinski definition) is 1. The highest BCUT2D eigenvalue weighted by Crippen LogP contribution is 2.33. The monoisotopic (exact) mass is 339 g/mol. The second kappa shape index (κ2) is 7.52. The highest BCUT2D eigenvalue weighted by molar-refractivity contribution is 7.21. The number of rotatable bonds is 6. The van der Waals surface area contributed by atoms with E-state index in [9.17, 15) is 14.0 Å². The fourth-order valence-electron chi connectivity index (χ4n) is 2.14. The van der Waals surface area contributed by atoms with Crippen molar-refractivity contribution < 1.29 is 23.5 Å². The normalized spacial score (nSPS) is 12.2. The molecule has 0 aliphatic rings. The summed E-state index contributed by atoms with van der Waals surface area (Å²) in [6.07, 6.45) is -0.936. The third kappa shape index (κ3) is 3.86. The molecule has 0 saturated carbocycles. The highest BCUT2D eigenvalue weighted by atomic mass is 32.1. The number of benzene rings is 1. The van der Waals surface area contributed by atoms with Crippen LogP contribution in [0.3, 0.4) is 0 Å². The average Bonchev–Trinajstić information content (AvgIpc) is 2.85. The molecule has 0 fully saturated rings. The van der Waals surface area contributed by atoms with Crippen molar-refractivity contribution in [2.24, 2.45) is 0 Å². The quantitative estimate of drug-likeness (QED) is 0.649. The van der Waals surface area contributed by atoms with Crippen molar-refractivity contribution in [3.8, 4) is 0 Å². The number of halogens is 1. The standard InChI is InChI=1S/C16H18FNO4S/c1-9-13-11(17)5-4-6-12(13)23-14(9)16(20)22-10(2)15(19)18-7-8-21-3/h4-6,10H,7-8H2,1-3H3,(H,18,19)/t10-/m0/s1. The summed E-state index contributed by atoms with van der Waals surface area (Å²) in [5.74, 6) is -1.40. The fraction of sp³-hybridized carbons (Fsp3) is 0.375. The van der Waals surface area contributed by atoms with Crippen molar-refractivity contribution in [2.45, 2.75) is 20.0 Å². The second-order valence-electron chi connectivity index (χ2n) is 5.00. The Kier molecular flexibility index (Phi) is 5.68. The Hall–Kier alpha value is -1.99. The van der Waals surface area contributed by atoms with Crippen LogP contribution in [0.2, 0.25) is 0 Å². The number of fused-ring (bicyclic) bond motifs is 1. The fourth-order valence-corrected chi connectivity index (χ4v) is 3.24. The van der Waals surface area contributed by atoms with Crippen LogP contribution in [0.25, 0.3) is 10.1 Å². The molecule has 0 bridgehead atoms. The number of thiophene rings is 1. The zero-order valence-corrected chi connectivity index (χ0v) is 14.0. The molecule has 2 rings (SSSR count). The van der Waals surface area contributed by atoms with Crippen molar-refractivity contribution >= 4 is 33.3 Å². The van der Waals surface area contributed by atoms with Crippen LogP contribution in [0.15, 0.2) is 18.2 Å². The second-order valence-corrected chi connectivity index (χ2v) is 6.05. The van der Waals surface area contributed by atoms with E-state index in [4.69, 9.17) is 9.47 Å². The number of carbonyl (C=O) groups excluding carboxylic acids is 2.